The highest BCUT2D eigenvalue weighted by molar-refractivity contribution is 5.76. The molecule has 1 saturated heterocycles. The summed E-state index contributed by atoms with van der Waals surface area (Å²) in [6.45, 7) is 1.14. The molecule has 0 bridgehead atoms. The van der Waals surface area contributed by atoms with Crippen molar-refractivity contribution in [1.82, 2.24) is 4.90 Å². The minimum absolute atomic E-state index is 0.147. The van der Waals surface area contributed by atoms with Crippen LogP contribution in [0.1, 0.15) is 30.9 Å². The molecule has 98 valence electrons. The van der Waals surface area contributed by atoms with Crippen LogP contribution in [0.15, 0.2) is 24.3 Å². The number of aliphatic hydroxyl groups is 1. The van der Waals surface area contributed by atoms with Crippen LogP contribution in [0, 0.1) is 0 Å². The summed E-state index contributed by atoms with van der Waals surface area (Å²) < 4.78 is 5.07. The molecule has 1 aliphatic rings. The predicted octanol–water partition coefficient (Wildman–Crippen LogP) is 1.74. The summed E-state index contributed by atoms with van der Waals surface area (Å²) in [6.07, 6.45) is 1.97. The lowest BCUT2D eigenvalue weighted by atomic mass is 10.1. The van der Waals surface area contributed by atoms with E-state index in [0.29, 0.717) is 13.0 Å². The first-order valence-electron chi connectivity index (χ1n) is 6.30. The van der Waals surface area contributed by atoms with E-state index in [4.69, 9.17) is 4.74 Å². The summed E-state index contributed by atoms with van der Waals surface area (Å²) in [5, 5.41) is 10.1. The van der Waals surface area contributed by atoms with Crippen molar-refractivity contribution in [3.05, 3.63) is 29.8 Å². The fourth-order valence-electron chi connectivity index (χ4n) is 2.20. The molecule has 0 radical (unpaired) electrons. The minimum atomic E-state index is -0.627. The van der Waals surface area contributed by atoms with Gasteiger partial charge in [-0.15, -0.1) is 0 Å². The molecule has 0 spiro atoms. The Morgan fingerprint density at radius 1 is 1.33 bits per heavy atom. The maximum absolute atomic E-state index is 11.7. The van der Waals surface area contributed by atoms with Crippen molar-refractivity contribution in [1.29, 1.82) is 0 Å². The van der Waals surface area contributed by atoms with E-state index in [1.165, 1.54) is 0 Å². The second-order valence-electron chi connectivity index (χ2n) is 4.59. The molecular weight excluding hydrogens is 230 g/mol. The summed E-state index contributed by atoms with van der Waals surface area (Å²) in [5.74, 6) is 0.911. The van der Waals surface area contributed by atoms with Crippen molar-refractivity contribution in [3.8, 4) is 5.75 Å². The summed E-state index contributed by atoms with van der Waals surface area (Å²) in [4.78, 5) is 13.4. The lowest BCUT2D eigenvalue weighted by Crippen LogP contribution is -2.38. The number of hydrogen-bond acceptors (Lipinski definition) is 3. The lowest BCUT2D eigenvalue weighted by Gasteiger charge is -2.28. The van der Waals surface area contributed by atoms with Gasteiger partial charge < -0.3 is 14.7 Å². The first kappa shape index (κ1) is 12.9. The average molecular weight is 249 g/mol. The molecule has 1 atom stereocenters. The van der Waals surface area contributed by atoms with Gasteiger partial charge in [0.1, 0.15) is 5.75 Å². The Balaban J connectivity index is 1.97. The van der Waals surface area contributed by atoms with Gasteiger partial charge in [0, 0.05) is 13.0 Å². The number of β-amino-alcohol motifs (C(OH)–C–C–N with tert-alkyl or cyclic N) is 1. The average Bonchev–Trinajstić information content (AvgIpc) is 2.41. The van der Waals surface area contributed by atoms with Crippen LogP contribution in [0.5, 0.6) is 5.75 Å². The van der Waals surface area contributed by atoms with Crippen LogP contribution in [0.25, 0.3) is 0 Å². The van der Waals surface area contributed by atoms with Crippen molar-refractivity contribution in [3.63, 3.8) is 0 Å². The van der Waals surface area contributed by atoms with E-state index in [2.05, 4.69) is 0 Å². The fraction of sp³-hybridized carbons (Fsp3) is 0.500. The quantitative estimate of drug-likeness (QED) is 0.884. The Hall–Kier alpha value is -1.55. The maximum Gasteiger partial charge on any atom is 0.222 e. The van der Waals surface area contributed by atoms with Crippen LogP contribution < -0.4 is 4.74 Å². The number of piperidine rings is 1. The molecule has 4 heteroatoms. The Morgan fingerprint density at radius 3 is 2.67 bits per heavy atom. The zero-order valence-corrected chi connectivity index (χ0v) is 10.6. The number of likely N-dealkylation sites (tertiary alicyclic amines) is 1. The summed E-state index contributed by atoms with van der Waals surface area (Å²) in [5.41, 5.74) is 0.814. The number of nitrogens with zero attached hydrogens (tertiary/aromatic N) is 1. The van der Waals surface area contributed by atoms with Crippen molar-refractivity contribution in [2.75, 3.05) is 20.2 Å². The van der Waals surface area contributed by atoms with Gasteiger partial charge in [0.05, 0.1) is 19.8 Å². The molecule has 18 heavy (non-hydrogen) atoms. The second-order valence-corrected chi connectivity index (χ2v) is 4.59. The molecule has 1 fully saturated rings. The van der Waals surface area contributed by atoms with Gasteiger partial charge >= 0.3 is 0 Å². The highest BCUT2D eigenvalue weighted by Gasteiger charge is 2.21. The third-order valence-electron chi connectivity index (χ3n) is 3.32. The number of carbonyl (C=O) groups is 1. The highest BCUT2D eigenvalue weighted by Crippen LogP contribution is 2.20. The molecule has 1 aromatic carbocycles. The van der Waals surface area contributed by atoms with Gasteiger partial charge in [-0.3, -0.25) is 4.79 Å². The Labute approximate surface area is 107 Å². The molecule has 1 amide bonds. The van der Waals surface area contributed by atoms with Gasteiger partial charge in [-0.2, -0.15) is 0 Å². The molecule has 0 aliphatic carbocycles. The summed E-state index contributed by atoms with van der Waals surface area (Å²) in [6, 6.07) is 7.29. The Kier molecular flexibility index (Phi) is 4.20. The third kappa shape index (κ3) is 3.01. The molecule has 0 saturated carbocycles. The second kappa shape index (κ2) is 5.87. The summed E-state index contributed by atoms with van der Waals surface area (Å²) in [7, 11) is 1.61. The monoisotopic (exact) mass is 249 g/mol. The van der Waals surface area contributed by atoms with Crippen LogP contribution in [0.4, 0.5) is 0 Å². The molecule has 0 aromatic heterocycles. The molecule has 4 nitrogen and oxygen atoms in total. The minimum Gasteiger partial charge on any atom is -0.497 e. The van der Waals surface area contributed by atoms with Gasteiger partial charge in [-0.05, 0) is 30.5 Å². The van der Waals surface area contributed by atoms with Gasteiger partial charge in [-0.1, -0.05) is 12.1 Å². The predicted molar refractivity (Wildman–Crippen MR) is 68.4 cm³/mol. The van der Waals surface area contributed by atoms with E-state index in [1.54, 1.807) is 12.0 Å². The molecule has 1 aromatic rings. The zero-order valence-electron chi connectivity index (χ0n) is 10.6. The zero-order chi connectivity index (χ0) is 13.0. The number of rotatable bonds is 4. The standard InChI is InChI=1S/C14H19NO3/c1-18-12-7-5-11(6-8-12)13(16)10-15-9-3-2-4-14(15)17/h5-8,13,16H,2-4,9-10H2,1H3. The van der Waals surface area contributed by atoms with E-state index in [0.717, 1.165) is 30.7 Å². The largest absolute Gasteiger partial charge is 0.497 e. The van der Waals surface area contributed by atoms with Gasteiger partial charge in [0.15, 0.2) is 0 Å². The van der Waals surface area contributed by atoms with E-state index in [9.17, 15) is 9.90 Å². The van der Waals surface area contributed by atoms with E-state index >= 15 is 0 Å². The Bertz CT molecular complexity index is 402. The molecular formula is C14H19NO3. The molecule has 1 aliphatic heterocycles. The third-order valence-corrected chi connectivity index (χ3v) is 3.32. The highest BCUT2D eigenvalue weighted by atomic mass is 16.5. The molecule has 1 unspecified atom stereocenters. The van der Waals surface area contributed by atoms with Gasteiger partial charge in [0.25, 0.3) is 0 Å². The first-order valence-corrected chi connectivity index (χ1v) is 6.30. The molecule has 1 heterocycles. The van der Waals surface area contributed by atoms with Crippen molar-refractivity contribution in [2.24, 2.45) is 0 Å². The van der Waals surface area contributed by atoms with Crippen LogP contribution in [-0.2, 0) is 4.79 Å². The SMILES string of the molecule is COc1ccc(C(O)CN2CCCCC2=O)cc1. The van der Waals surface area contributed by atoms with Crippen LogP contribution in [-0.4, -0.2) is 36.1 Å². The van der Waals surface area contributed by atoms with Gasteiger partial charge in [-0.25, -0.2) is 0 Å². The van der Waals surface area contributed by atoms with Crippen molar-refractivity contribution < 1.29 is 14.6 Å². The number of hydrogen-bond donors (Lipinski definition) is 1. The van der Waals surface area contributed by atoms with Crippen molar-refractivity contribution >= 4 is 5.91 Å². The number of benzene rings is 1. The van der Waals surface area contributed by atoms with Crippen molar-refractivity contribution in [2.45, 2.75) is 25.4 Å². The lowest BCUT2D eigenvalue weighted by molar-refractivity contribution is -0.134. The van der Waals surface area contributed by atoms with E-state index in [1.807, 2.05) is 24.3 Å². The van der Waals surface area contributed by atoms with Crippen LogP contribution >= 0.6 is 0 Å². The number of ether oxygens (including phenoxy) is 1. The topological polar surface area (TPSA) is 49.8 Å². The van der Waals surface area contributed by atoms with E-state index < -0.39 is 6.10 Å². The normalized spacial score (nSPS) is 17.7. The van der Waals surface area contributed by atoms with Crippen LogP contribution in [0.3, 0.4) is 0 Å². The Morgan fingerprint density at radius 2 is 2.06 bits per heavy atom. The smallest absolute Gasteiger partial charge is 0.222 e. The van der Waals surface area contributed by atoms with E-state index in [-0.39, 0.29) is 5.91 Å². The summed E-state index contributed by atoms with van der Waals surface area (Å²) >= 11 is 0. The number of carbonyl (C=O) groups excluding carboxylic acids is 1. The van der Waals surface area contributed by atoms with Crippen LogP contribution in [0.2, 0.25) is 0 Å². The molecule has 1 N–H and O–H groups in total. The van der Waals surface area contributed by atoms with Gasteiger partial charge in [0.2, 0.25) is 5.91 Å². The first-order chi connectivity index (χ1) is 8.70. The number of amides is 1. The number of aliphatic hydroxyl groups excluding tert-OH is 1. The maximum atomic E-state index is 11.7. The number of methoxy groups -OCH3 is 1. The molecule has 2 rings (SSSR count). The fourth-order valence-corrected chi connectivity index (χ4v) is 2.20.